The third kappa shape index (κ3) is 4.80. The van der Waals surface area contributed by atoms with Gasteiger partial charge in [0.25, 0.3) is 5.91 Å². The van der Waals surface area contributed by atoms with Gasteiger partial charge in [-0.3, -0.25) is 14.4 Å². The molecule has 0 radical (unpaired) electrons. The van der Waals surface area contributed by atoms with E-state index in [1.807, 2.05) is 0 Å². The van der Waals surface area contributed by atoms with Gasteiger partial charge in [0.05, 0.1) is 13.0 Å². The lowest BCUT2D eigenvalue weighted by Crippen LogP contribution is -2.28. The Morgan fingerprint density at radius 2 is 1.96 bits per heavy atom. The highest BCUT2D eigenvalue weighted by Gasteiger charge is 2.36. The van der Waals surface area contributed by atoms with Gasteiger partial charge in [-0.2, -0.15) is 0 Å². The van der Waals surface area contributed by atoms with Gasteiger partial charge >= 0.3 is 5.97 Å². The highest BCUT2D eigenvalue weighted by Crippen LogP contribution is 2.28. The van der Waals surface area contributed by atoms with Crippen molar-refractivity contribution in [3.05, 3.63) is 53.6 Å². The van der Waals surface area contributed by atoms with Gasteiger partial charge in [0.15, 0.2) is 6.61 Å². The lowest BCUT2D eigenvalue weighted by Gasteiger charge is -2.17. The normalized spacial score (nSPS) is 16.0. The number of halogens is 1. The molecule has 0 aromatic heterocycles. The molecular weight excluding hydrogens is 384 g/mol. The minimum absolute atomic E-state index is 0.0366. The second-order valence-electron chi connectivity index (χ2n) is 6.27. The monoisotopic (exact) mass is 402 g/mol. The summed E-state index contributed by atoms with van der Waals surface area (Å²) in [6.45, 7) is -0.227. The van der Waals surface area contributed by atoms with Crippen molar-refractivity contribution in [3.8, 4) is 5.75 Å². The number of hydrogen-bond acceptors (Lipinski definition) is 5. The summed E-state index contributed by atoms with van der Waals surface area (Å²) in [5, 5.41) is 3.16. The third-order valence-corrected chi connectivity index (χ3v) is 4.55. The van der Waals surface area contributed by atoms with Crippen LogP contribution < -0.4 is 15.0 Å². The SMILES string of the molecule is COc1cccc(N2C[C@H](C(=O)OCC(=O)Nc3ccc(Cl)cc3)CC2=O)c1. The summed E-state index contributed by atoms with van der Waals surface area (Å²) < 4.78 is 10.2. The molecule has 1 fully saturated rings. The molecule has 28 heavy (non-hydrogen) atoms. The first-order valence-corrected chi connectivity index (χ1v) is 9.00. The lowest BCUT2D eigenvalue weighted by molar-refractivity contribution is -0.151. The summed E-state index contributed by atoms with van der Waals surface area (Å²) in [4.78, 5) is 38.0. The molecule has 3 rings (SSSR count). The first-order chi connectivity index (χ1) is 13.5. The van der Waals surface area contributed by atoms with Gasteiger partial charge in [-0.1, -0.05) is 17.7 Å². The van der Waals surface area contributed by atoms with E-state index in [0.29, 0.717) is 22.1 Å². The average molecular weight is 403 g/mol. The molecule has 2 amide bonds. The number of rotatable bonds is 6. The fourth-order valence-corrected chi connectivity index (χ4v) is 3.00. The molecule has 146 valence electrons. The molecule has 2 aromatic rings. The van der Waals surface area contributed by atoms with Crippen LogP contribution in [-0.4, -0.2) is 38.0 Å². The smallest absolute Gasteiger partial charge is 0.311 e. The van der Waals surface area contributed by atoms with Crippen LogP contribution in [0.1, 0.15) is 6.42 Å². The molecule has 1 N–H and O–H groups in total. The van der Waals surface area contributed by atoms with E-state index < -0.39 is 24.4 Å². The van der Waals surface area contributed by atoms with Crippen molar-refractivity contribution in [2.75, 3.05) is 30.5 Å². The van der Waals surface area contributed by atoms with Crippen LogP contribution in [0.4, 0.5) is 11.4 Å². The summed E-state index contributed by atoms with van der Waals surface area (Å²) in [6, 6.07) is 13.6. The predicted octanol–water partition coefficient (Wildman–Crippen LogP) is 2.88. The van der Waals surface area contributed by atoms with Crippen LogP contribution >= 0.6 is 11.6 Å². The number of amides is 2. The number of hydrogen-bond donors (Lipinski definition) is 1. The summed E-state index contributed by atoms with van der Waals surface area (Å²) >= 11 is 5.79. The molecule has 0 saturated carbocycles. The molecule has 0 unspecified atom stereocenters. The summed E-state index contributed by atoms with van der Waals surface area (Å²) in [5.41, 5.74) is 1.20. The second kappa shape index (κ2) is 8.75. The zero-order valence-electron chi connectivity index (χ0n) is 15.2. The summed E-state index contributed by atoms with van der Waals surface area (Å²) in [7, 11) is 1.54. The standard InChI is InChI=1S/C20H19ClN2O5/c1-27-17-4-2-3-16(10-17)23-11-13(9-19(23)25)20(26)28-12-18(24)22-15-7-5-14(21)6-8-15/h2-8,10,13H,9,11-12H2,1H3,(H,22,24)/t13-/m1/s1. The number of carbonyl (C=O) groups excluding carboxylic acids is 3. The van der Waals surface area contributed by atoms with Gasteiger partial charge in [-0.15, -0.1) is 0 Å². The van der Waals surface area contributed by atoms with Gasteiger partial charge in [-0.05, 0) is 36.4 Å². The Bertz CT molecular complexity index is 884. The van der Waals surface area contributed by atoms with E-state index in [4.69, 9.17) is 21.1 Å². The average Bonchev–Trinajstić information content (AvgIpc) is 3.10. The predicted molar refractivity (Wildman–Crippen MR) is 104 cm³/mol. The number of nitrogens with one attached hydrogen (secondary N) is 1. The Morgan fingerprint density at radius 3 is 2.68 bits per heavy atom. The van der Waals surface area contributed by atoms with Crippen LogP contribution in [0, 0.1) is 5.92 Å². The Hall–Kier alpha value is -3.06. The van der Waals surface area contributed by atoms with Crippen molar-refractivity contribution in [1.82, 2.24) is 0 Å². The number of anilines is 2. The van der Waals surface area contributed by atoms with Crippen molar-refractivity contribution >= 4 is 40.8 Å². The van der Waals surface area contributed by atoms with Crippen molar-refractivity contribution in [2.24, 2.45) is 5.92 Å². The van der Waals surface area contributed by atoms with Gasteiger partial charge in [0.1, 0.15) is 5.75 Å². The van der Waals surface area contributed by atoms with Crippen LogP contribution in [0.5, 0.6) is 5.75 Å². The van der Waals surface area contributed by atoms with Crippen molar-refractivity contribution in [1.29, 1.82) is 0 Å². The minimum Gasteiger partial charge on any atom is -0.497 e. The lowest BCUT2D eigenvalue weighted by atomic mass is 10.1. The first kappa shape index (κ1) is 19.7. The topological polar surface area (TPSA) is 84.9 Å². The Balaban J connectivity index is 1.52. The number of carbonyl (C=O) groups is 3. The zero-order valence-corrected chi connectivity index (χ0v) is 15.9. The second-order valence-corrected chi connectivity index (χ2v) is 6.71. The molecule has 2 aromatic carbocycles. The third-order valence-electron chi connectivity index (χ3n) is 4.30. The van der Waals surface area contributed by atoms with E-state index in [2.05, 4.69) is 5.32 Å². The van der Waals surface area contributed by atoms with Crippen molar-refractivity contribution in [3.63, 3.8) is 0 Å². The molecule has 1 atom stereocenters. The highest BCUT2D eigenvalue weighted by molar-refractivity contribution is 6.30. The minimum atomic E-state index is -0.623. The van der Waals surface area contributed by atoms with Crippen LogP contribution in [-0.2, 0) is 19.1 Å². The van der Waals surface area contributed by atoms with Gasteiger partial charge in [0, 0.05) is 35.4 Å². The van der Waals surface area contributed by atoms with Crippen LogP contribution in [0.3, 0.4) is 0 Å². The molecule has 0 spiro atoms. The number of ether oxygens (including phenoxy) is 2. The van der Waals surface area contributed by atoms with E-state index in [-0.39, 0.29) is 18.9 Å². The molecule has 8 heteroatoms. The molecule has 0 aliphatic carbocycles. The number of benzene rings is 2. The maximum atomic E-state index is 12.3. The maximum absolute atomic E-state index is 12.3. The largest absolute Gasteiger partial charge is 0.497 e. The molecule has 1 aliphatic rings. The molecule has 7 nitrogen and oxygen atoms in total. The van der Waals surface area contributed by atoms with Crippen molar-refractivity contribution < 1.29 is 23.9 Å². The molecule has 1 aliphatic heterocycles. The molecular formula is C20H19ClN2O5. The van der Waals surface area contributed by atoms with E-state index in [1.165, 1.54) is 4.90 Å². The van der Waals surface area contributed by atoms with Crippen LogP contribution in [0.25, 0.3) is 0 Å². The molecule has 1 heterocycles. The number of nitrogens with zero attached hydrogens (tertiary/aromatic N) is 1. The Morgan fingerprint density at radius 1 is 1.21 bits per heavy atom. The fraction of sp³-hybridized carbons (Fsp3) is 0.250. The summed E-state index contributed by atoms with van der Waals surface area (Å²) in [6.07, 6.45) is 0.0366. The van der Waals surface area contributed by atoms with Crippen LogP contribution in [0.15, 0.2) is 48.5 Å². The van der Waals surface area contributed by atoms with Gasteiger partial charge < -0.3 is 19.7 Å². The van der Waals surface area contributed by atoms with E-state index in [9.17, 15) is 14.4 Å². The maximum Gasteiger partial charge on any atom is 0.311 e. The summed E-state index contributed by atoms with van der Waals surface area (Å²) in [5.74, 6) is -1.23. The van der Waals surface area contributed by atoms with Gasteiger partial charge in [-0.25, -0.2) is 0 Å². The molecule has 0 bridgehead atoms. The molecule has 1 saturated heterocycles. The van der Waals surface area contributed by atoms with E-state index >= 15 is 0 Å². The highest BCUT2D eigenvalue weighted by atomic mass is 35.5. The zero-order chi connectivity index (χ0) is 20.1. The van der Waals surface area contributed by atoms with Gasteiger partial charge in [0.2, 0.25) is 5.91 Å². The number of methoxy groups -OCH3 is 1. The first-order valence-electron chi connectivity index (χ1n) is 8.62. The quantitative estimate of drug-likeness (QED) is 0.751. The van der Waals surface area contributed by atoms with E-state index in [0.717, 1.165) is 0 Å². The van der Waals surface area contributed by atoms with Crippen LogP contribution in [0.2, 0.25) is 5.02 Å². The Kier molecular flexibility index (Phi) is 6.16. The van der Waals surface area contributed by atoms with E-state index in [1.54, 1.807) is 55.6 Å². The Labute approximate surface area is 167 Å². The fourth-order valence-electron chi connectivity index (χ4n) is 2.88. The van der Waals surface area contributed by atoms with Crippen molar-refractivity contribution in [2.45, 2.75) is 6.42 Å². The number of esters is 1.